The van der Waals surface area contributed by atoms with Crippen LogP contribution < -0.4 is 5.73 Å². The quantitative estimate of drug-likeness (QED) is 0.600. The number of Topliss-reactive ketones (excluding diaryl/α,β-unsaturated/α-hetero) is 1. The van der Waals surface area contributed by atoms with Crippen molar-refractivity contribution in [3.8, 4) is 0 Å². The van der Waals surface area contributed by atoms with Gasteiger partial charge < -0.3 is 5.73 Å². The number of rotatable bonds is 6. The van der Waals surface area contributed by atoms with Crippen molar-refractivity contribution in [3.63, 3.8) is 0 Å². The minimum Gasteiger partial charge on any atom is -0.330 e. The van der Waals surface area contributed by atoms with E-state index in [-0.39, 0.29) is 18.2 Å². The summed E-state index contributed by atoms with van der Waals surface area (Å²) in [5.41, 5.74) is 6.07. The molecule has 0 aliphatic heterocycles. The average Bonchev–Trinajstić information content (AvgIpc) is 2.25. The number of carbonyl (C=O) groups excluding carboxylic acids is 1. The molecule has 1 heterocycles. The molecule has 1 rings (SSSR count). The molecule has 1 aromatic rings. The summed E-state index contributed by atoms with van der Waals surface area (Å²) in [6.45, 7) is 0.709. The van der Waals surface area contributed by atoms with E-state index in [0.717, 1.165) is 19.3 Å². The summed E-state index contributed by atoms with van der Waals surface area (Å²) in [6, 6.07) is 3.59. The molecule has 15 heavy (non-hydrogen) atoms. The normalized spacial score (nSPS) is 9.40. The Kier molecular flexibility index (Phi) is 7.86. The third-order valence-electron chi connectivity index (χ3n) is 2.09. The first-order chi connectivity index (χ1) is 6.84. The monoisotopic (exact) mass is 228 g/mol. The number of hydrogen-bond acceptors (Lipinski definition) is 3. The Morgan fingerprint density at radius 1 is 1.33 bits per heavy atom. The Bertz CT molecular complexity index is 277. The van der Waals surface area contributed by atoms with Crippen LogP contribution in [-0.2, 0) is 0 Å². The number of carbonyl (C=O) groups is 1. The van der Waals surface area contributed by atoms with Gasteiger partial charge >= 0.3 is 0 Å². The number of nitrogens with two attached hydrogens (primary N) is 1. The van der Waals surface area contributed by atoms with Crippen LogP contribution in [0.3, 0.4) is 0 Å². The number of halogens is 1. The van der Waals surface area contributed by atoms with Gasteiger partial charge in [0.2, 0.25) is 0 Å². The van der Waals surface area contributed by atoms with Crippen molar-refractivity contribution in [3.05, 3.63) is 30.1 Å². The van der Waals surface area contributed by atoms with Crippen molar-refractivity contribution in [2.75, 3.05) is 6.54 Å². The molecule has 84 valence electrons. The molecule has 0 spiro atoms. The molecular weight excluding hydrogens is 212 g/mol. The molecule has 1 aromatic heterocycles. The lowest BCUT2D eigenvalue weighted by Crippen LogP contribution is -2.01. The first-order valence-electron chi connectivity index (χ1n) is 4.98. The molecule has 0 aromatic carbocycles. The molecule has 0 saturated heterocycles. The Hall–Kier alpha value is -0.930. The summed E-state index contributed by atoms with van der Waals surface area (Å²) in [5, 5.41) is 0. The van der Waals surface area contributed by atoms with Crippen LogP contribution in [0.5, 0.6) is 0 Å². The van der Waals surface area contributed by atoms with Crippen molar-refractivity contribution >= 4 is 18.2 Å². The van der Waals surface area contributed by atoms with E-state index in [1.807, 2.05) is 0 Å². The van der Waals surface area contributed by atoms with Crippen LogP contribution in [0, 0.1) is 0 Å². The van der Waals surface area contributed by atoms with Crippen LogP contribution >= 0.6 is 12.4 Å². The van der Waals surface area contributed by atoms with Gasteiger partial charge in [0, 0.05) is 24.4 Å². The largest absolute Gasteiger partial charge is 0.330 e. The highest BCUT2D eigenvalue weighted by Gasteiger charge is 2.03. The third kappa shape index (κ3) is 5.50. The molecule has 4 heteroatoms. The number of ketones is 1. The van der Waals surface area contributed by atoms with Crippen LogP contribution in [0.2, 0.25) is 0 Å². The Labute approximate surface area is 96.5 Å². The van der Waals surface area contributed by atoms with Gasteiger partial charge in [-0.05, 0) is 31.5 Å². The van der Waals surface area contributed by atoms with Crippen LogP contribution in [0.25, 0.3) is 0 Å². The Morgan fingerprint density at radius 2 is 2.13 bits per heavy atom. The van der Waals surface area contributed by atoms with Crippen LogP contribution in [0.15, 0.2) is 24.5 Å². The highest BCUT2D eigenvalue weighted by atomic mass is 35.5. The lowest BCUT2D eigenvalue weighted by Gasteiger charge is -1.99. The highest BCUT2D eigenvalue weighted by molar-refractivity contribution is 5.95. The van der Waals surface area contributed by atoms with E-state index in [1.54, 1.807) is 24.5 Å². The number of hydrogen-bond donors (Lipinski definition) is 1. The van der Waals surface area contributed by atoms with Gasteiger partial charge in [-0.25, -0.2) is 0 Å². The summed E-state index contributed by atoms with van der Waals surface area (Å²) in [5.74, 6) is 0.176. The predicted molar refractivity (Wildman–Crippen MR) is 63.3 cm³/mol. The van der Waals surface area contributed by atoms with Gasteiger partial charge in [0.15, 0.2) is 5.78 Å². The summed E-state index contributed by atoms with van der Waals surface area (Å²) >= 11 is 0. The zero-order valence-electron chi connectivity index (χ0n) is 8.69. The summed E-state index contributed by atoms with van der Waals surface area (Å²) in [6.07, 6.45) is 6.84. The van der Waals surface area contributed by atoms with Crippen molar-refractivity contribution in [1.29, 1.82) is 0 Å². The SMILES string of the molecule is Cl.NCCCCCC(=O)c1cccnc1. The van der Waals surface area contributed by atoms with Crippen LogP contribution in [0.4, 0.5) is 0 Å². The smallest absolute Gasteiger partial charge is 0.164 e. The maximum atomic E-state index is 11.5. The molecule has 0 aliphatic rings. The summed E-state index contributed by atoms with van der Waals surface area (Å²) in [4.78, 5) is 15.4. The van der Waals surface area contributed by atoms with E-state index < -0.39 is 0 Å². The molecular formula is C11H17ClN2O. The molecule has 0 saturated carbocycles. The molecule has 0 bridgehead atoms. The topological polar surface area (TPSA) is 56.0 Å². The van der Waals surface area contributed by atoms with E-state index in [2.05, 4.69) is 4.98 Å². The standard InChI is InChI=1S/C11H16N2O.ClH/c12-7-3-1-2-6-11(14)10-5-4-8-13-9-10;/h4-5,8-9H,1-3,6-7,12H2;1H. The van der Waals surface area contributed by atoms with Gasteiger partial charge in [0.1, 0.15) is 0 Å². The summed E-state index contributed by atoms with van der Waals surface area (Å²) < 4.78 is 0. The fraction of sp³-hybridized carbons (Fsp3) is 0.455. The lowest BCUT2D eigenvalue weighted by atomic mass is 10.1. The minimum absolute atomic E-state index is 0. The minimum atomic E-state index is 0. The maximum Gasteiger partial charge on any atom is 0.164 e. The van der Waals surface area contributed by atoms with Gasteiger partial charge in [0.05, 0.1) is 0 Å². The molecule has 2 N–H and O–H groups in total. The third-order valence-corrected chi connectivity index (χ3v) is 2.09. The van der Waals surface area contributed by atoms with E-state index in [1.165, 1.54) is 0 Å². The van der Waals surface area contributed by atoms with Crippen molar-refractivity contribution in [2.24, 2.45) is 5.73 Å². The fourth-order valence-corrected chi connectivity index (χ4v) is 1.28. The van der Waals surface area contributed by atoms with Gasteiger partial charge in [-0.15, -0.1) is 12.4 Å². The number of unbranched alkanes of at least 4 members (excludes halogenated alkanes) is 2. The number of aromatic nitrogens is 1. The Morgan fingerprint density at radius 3 is 2.73 bits per heavy atom. The molecule has 0 radical (unpaired) electrons. The van der Waals surface area contributed by atoms with E-state index in [0.29, 0.717) is 18.5 Å². The molecule has 3 nitrogen and oxygen atoms in total. The van der Waals surface area contributed by atoms with Crippen molar-refractivity contribution in [2.45, 2.75) is 25.7 Å². The first kappa shape index (κ1) is 14.1. The van der Waals surface area contributed by atoms with Gasteiger partial charge in [-0.1, -0.05) is 6.42 Å². The zero-order valence-corrected chi connectivity index (χ0v) is 9.50. The summed E-state index contributed by atoms with van der Waals surface area (Å²) in [7, 11) is 0. The Balaban J connectivity index is 0.00000196. The fourth-order valence-electron chi connectivity index (χ4n) is 1.28. The highest BCUT2D eigenvalue weighted by Crippen LogP contribution is 2.06. The first-order valence-corrected chi connectivity index (χ1v) is 4.98. The second-order valence-corrected chi connectivity index (χ2v) is 3.26. The van der Waals surface area contributed by atoms with Gasteiger partial charge in [-0.3, -0.25) is 9.78 Å². The van der Waals surface area contributed by atoms with E-state index in [4.69, 9.17) is 5.73 Å². The molecule has 0 amide bonds. The van der Waals surface area contributed by atoms with Crippen LogP contribution in [0.1, 0.15) is 36.0 Å². The van der Waals surface area contributed by atoms with Gasteiger partial charge in [0.25, 0.3) is 0 Å². The molecule has 0 aliphatic carbocycles. The van der Waals surface area contributed by atoms with Crippen LogP contribution in [-0.4, -0.2) is 17.3 Å². The average molecular weight is 229 g/mol. The predicted octanol–water partition coefficient (Wildman–Crippen LogP) is 2.21. The van der Waals surface area contributed by atoms with Crippen molar-refractivity contribution in [1.82, 2.24) is 4.98 Å². The van der Waals surface area contributed by atoms with E-state index >= 15 is 0 Å². The zero-order chi connectivity index (χ0) is 10.2. The molecule has 0 unspecified atom stereocenters. The molecule has 0 atom stereocenters. The maximum absolute atomic E-state index is 11.5. The lowest BCUT2D eigenvalue weighted by molar-refractivity contribution is 0.0979. The van der Waals surface area contributed by atoms with Gasteiger partial charge in [-0.2, -0.15) is 0 Å². The number of nitrogens with zero attached hydrogens (tertiary/aromatic N) is 1. The second-order valence-electron chi connectivity index (χ2n) is 3.26. The number of pyridine rings is 1. The second kappa shape index (κ2) is 8.38. The molecule has 0 fully saturated rings. The van der Waals surface area contributed by atoms with Crippen molar-refractivity contribution < 1.29 is 4.79 Å². The van der Waals surface area contributed by atoms with E-state index in [9.17, 15) is 4.79 Å².